The van der Waals surface area contributed by atoms with E-state index in [0.717, 1.165) is 6.42 Å². The minimum atomic E-state index is 0.0365. The van der Waals surface area contributed by atoms with Crippen molar-refractivity contribution in [2.24, 2.45) is 0 Å². The van der Waals surface area contributed by atoms with Gasteiger partial charge in [0.2, 0.25) is 0 Å². The van der Waals surface area contributed by atoms with E-state index in [4.69, 9.17) is 0 Å². The fourth-order valence-electron chi connectivity index (χ4n) is 0.116. The van der Waals surface area contributed by atoms with Crippen LogP contribution in [0.15, 0.2) is 0 Å². The number of hydrogen-bond donors (Lipinski definition) is 0. The van der Waals surface area contributed by atoms with Crippen molar-refractivity contribution in [3.8, 4) is 0 Å². The zero-order valence-electron chi connectivity index (χ0n) is 3.46. The van der Waals surface area contributed by atoms with Crippen molar-refractivity contribution in [1.29, 1.82) is 0 Å². The Morgan fingerprint density at radius 3 is 1.71 bits per heavy atom. The molecule has 0 aliphatic rings. The van der Waals surface area contributed by atoms with Crippen LogP contribution in [0.25, 0.3) is 0 Å². The van der Waals surface area contributed by atoms with Crippen molar-refractivity contribution in [2.45, 2.75) is 5.86 Å². The lowest BCUT2D eigenvalue weighted by atomic mass is 10.5. The Kier molecular flexibility index (Phi) is 5.29. The molecule has 0 aromatic rings. The van der Waals surface area contributed by atoms with E-state index in [-0.39, 0.29) is 6.04 Å². The van der Waals surface area contributed by atoms with Crippen LogP contribution in [-0.4, -0.2) is 6.04 Å². The molecule has 0 heterocycles. The standard InChI is InChI=1S/C3H4I3O/c4-3(5,6)1-2-7/h1-2H2. The summed E-state index contributed by atoms with van der Waals surface area (Å²) in [6.07, 6.45) is 0.745. The lowest BCUT2D eigenvalue weighted by molar-refractivity contribution is 0.194. The minimum Gasteiger partial charge on any atom is -0.237 e. The first-order chi connectivity index (χ1) is 3.06. The minimum absolute atomic E-state index is 0.0365. The second-order valence-electron chi connectivity index (χ2n) is 1.07. The van der Waals surface area contributed by atoms with Crippen molar-refractivity contribution in [3.63, 3.8) is 0 Å². The maximum atomic E-state index is 9.93. The van der Waals surface area contributed by atoms with Crippen molar-refractivity contribution in [3.05, 3.63) is 0 Å². The monoisotopic (exact) mass is 437 g/mol. The van der Waals surface area contributed by atoms with Gasteiger partial charge in [-0.15, -0.1) is 0 Å². The van der Waals surface area contributed by atoms with Crippen LogP contribution in [0.1, 0.15) is 6.42 Å². The average molecular weight is 437 g/mol. The van der Waals surface area contributed by atoms with Gasteiger partial charge < -0.3 is 0 Å². The predicted octanol–water partition coefficient (Wildman–Crippen LogP) is 2.77. The number of hydrogen-bond acceptors (Lipinski definition) is 0. The van der Waals surface area contributed by atoms with Gasteiger partial charge in [-0.05, 0) is 0 Å². The molecule has 0 unspecified atom stereocenters. The van der Waals surface area contributed by atoms with Crippen LogP contribution in [0.4, 0.5) is 0 Å². The molecule has 0 rings (SSSR count). The molecule has 0 saturated heterocycles. The van der Waals surface area contributed by atoms with E-state index < -0.39 is 0 Å². The molecule has 43 valence electrons. The van der Waals surface area contributed by atoms with Crippen molar-refractivity contribution >= 4 is 67.8 Å². The molecular formula is C3H4I3O. The molecule has 0 amide bonds. The Morgan fingerprint density at radius 2 is 1.71 bits per heavy atom. The average Bonchev–Trinajstić information content (AvgIpc) is 1.30. The van der Waals surface area contributed by atoms with Gasteiger partial charge in [-0.1, -0.05) is 67.8 Å². The van der Waals surface area contributed by atoms with E-state index in [0.29, 0.717) is 0 Å². The SMILES string of the molecule is [O]CCC(I)(I)I. The van der Waals surface area contributed by atoms with Crippen LogP contribution in [0, 0.1) is 0 Å². The zero-order valence-corrected chi connectivity index (χ0v) is 9.93. The molecule has 0 aliphatic carbocycles. The summed E-state index contributed by atoms with van der Waals surface area (Å²) >= 11 is 6.75. The molecule has 0 aromatic carbocycles. The Morgan fingerprint density at radius 1 is 1.29 bits per heavy atom. The normalized spacial score (nSPS) is 12.0. The van der Waals surface area contributed by atoms with E-state index in [9.17, 15) is 5.11 Å². The third-order valence-electron chi connectivity index (χ3n) is 0.386. The molecule has 7 heavy (non-hydrogen) atoms. The molecule has 0 spiro atoms. The number of halogens is 3. The molecule has 0 atom stereocenters. The van der Waals surface area contributed by atoms with Crippen LogP contribution < -0.4 is 0 Å². The van der Waals surface area contributed by atoms with Crippen LogP contribution in [0.2, 0.25) is 0 Å². The summed E-state index contributed by atoms with van der Waals surface area (Å²) in [5, 5.41) is 9.93. The smallest absolute Gasteiger partial charge is 0.126 e. The first kappa shape index (κ1) is 9.15. The highest BCUT2D eigenvalue weighted by atomic mass is 127. The fourth-order valence-corrected chi connectivity index (χ4v) is 0.776. The summed E-state index contributed by atoms with van der Waals surface area (Å²) < 4.78 is 0.148. The Hall–Kier alpha value is 2.15. The van der Waals surface area contributed by atoms with Crippen LogP contribution in [0.5, 0.6) is 0 Å². The highest BCUT2D eigenvalue weighted by molar-refractivity contribution is 14.3. The van der Waals surface area contributed by atoms with Crippen molar-refractivity contribution < 1.29 is 5.11 Å². The molecule has 1 radical (unpaired) electrons. The Labute approximate surface area is 84.0 Å². The second-order valence-corrected chi connectivity index (χ2v) is 12.8. The highest BCUT2D eigenvalue weighted by Crippen LogP contribution is 2.38. The van der Waals surface area contributed by atoms with Gasteiger partial charge in [0.1, 0.15) is -0.565 Å². The van der Waals surface area contributed by atoms with E-state index in [1.165, 1.54) is 0 Å². The Balaban J connectivity index is 3.15. The summed E-state index contributed by atoms with van der Waals surface area (Å²) in [7, 11) is 0. The molecule has 1 nitrogen and oxygen atoms in total. The van der Waals surface area contributed by atoms with Gasteiger partial charge >= 0.3 is 0 Å². The summed E-state index contributed by atoms with van der Waals surface area (Å²) in [6.45, 7) is 0.0365. The summed E-state index contributed by atoms with van der Waals surface area (Å²) in [4.78, 5) is 0. The topological polar surface area (TPSA) is 19.9 Å². The van der Waals surface area contributed by atoms with Gasteiger partial charge in [-0.25, -0.2) is 5.11 Å². The van der Waals surface area contributed by atoms with Crippen LogP contribution >= 0.6 is 67.8 Å². The second kappa shape index (κ2) is 4.04. The molecule has 0 bridgehead atoms. The zero-order chi connectivity index (χ0) is 5.91. The van der Waals surface area contributed by atoms with Gasteiger partial charge in [-0.2, -0.15) is 0 Å². The van der Waals surface area contributed by atoms with Crippen molar-refractivity contribution in [2.75, 3.05) is 6.61 Å². The third kappa shape index (κ3) is 8.15. The molecule has 0 N–H and O–H groups in total. The first-order valence-corrected chi connectivity index (χ1v) is 4.95. The van der Waals surface area contributed by atoms with E-state index in [1.807, 2.05) is 0 Å². The lowest BCUT2D eigenvalue weighted by Gasteiger charge is -2.06. The van der Waals surface area contributed by atoms with Gasteiger partial charge in [0.25, 0.3) is 0 Å². The fraction of sp³-hybridized carbons (Fsp3) is 1.00. The van der Waals surface area contributed by atoms with E-state index in [2.05, 4.69) is 67.8 Å². The molecule has 0 aromatic heterocycles. The van der Waals surface area contributed by atoms with E-state index >= 15 is 0 Å². The first-order valence-electron chi connectivity index (χ1n) is 1.71. The van der Waals surface area contributed by atoms with Gasteiger partial charge in [0.05, 0.1) is 6.61 Å². The van der Waals surface area contributed by atoms with E-state index in [1.54, 1.807) is 0 Å². The molecule has 0 saturated carbocycles. The quantitative estimate of drug-likeness (QED) is 0.469. The summed E-state index contributed by atoms with van der Waals surface area (Å²) in [5.41, 5.74) is 0. The predicted molar refractivity (Wildman–Crippen MR) is 55.0 cm³/mol. The highest BCUT2D eigenvalue weighted by Gasteiger charge is 2.15. The molecular weight excluding hydrogens is 433 g/mol. The lowest BCUT2D eigenvalue weighted by Crippen LogP contribution is -1.99. The number of alkyl halides is 3. The maximum Gasteiger partial charge on any atom is 0.126 e. The van der Waals surface area contributed by atoms with Gasteiger partial charge in [0.15, 0.2) is 0 Å². The third-order valence-corrected chi connectivity index (χ3v) is 2.00. The summed E-state index contributed by atoms with van der Waals surface area (Å²) in [5.74, 6) is 0. The van der Waals surface area contributed by atoms with Gasteiger partial charge in [0, 0.05) is 6.42 Å². The van der Waals surface area contributed by atoms with Gasteiger partial charge in [-0.3, -0.25) is 0 Å². The Bertz CT molecular complexity index is 48.6. The van der Waals surface area contributed by atoms with Crippen LogP contribution in [0.3, 0.4) is 0 Å². The van der Waals surface area contributed by atoms with Crippen LogP contribution in [-0.2, 0) is 5.11 Å². The largest absolute Gasteiger partial charge is 0.237 e. The molecule has 4 heteroatoms. The molecule has 0 aliphatic heterocycles. The molecule has 0 fully saturated rings. The van der Waals surface area contributed by atoms with Crippen molar-refractivity contribution in [1.82, 2.24) is 0 Å². The summed E-state index contributed by atoms with van der Waals surface area (Å²) in [6, 6.07) is 0. The number of rotatable bonds is 2. The maximum absolute atomic E-state index is 9.93.